The molecule has 14 amide bonds. The highest BCUT2D eigenvalue weighted by atomic mass is 32.2. The lowest BCUT2D eigenvalue weighted by Crippen LogP contribution is -2.76. The molecule has 6 aliphatic heterocycles. The van der Waals surface area contributed by atoms with E-state index in [9.17, 15) is 77.3 Å². The highest BCUT2D eigenvalue weighted by Gasteiger charge is 2.60. The second-order valence-electron chi connectivity index (χ2n) is 27.2. The second kappa shape index (κ2) is 38.3. The molecule has 12 rings (SSSR count). The minimum Gasteiger partial charge on any atom is -0.480 e. The molecule has 0 bridgehead atoms. The molecule has 614 valence electrons. The zero-order valence-corrected chi connectivity index (χ0v) is 66.2. The Morgan fingerprint density at radius 3 is 1.24 bits per heavy atom. The number of carboxylic acids is 2. The van der Waals surface area contributed by atoms with Gasteiger partial charge in [0, 0.05) is 114 Å². The van der Waals surface area contributed by atoms with Crippen molar-refractivity contribution >= 4 is 130 Å². The molecular formula is C72H82N20O20S4. The van der Waals surface area contributed by atoms with Gasteiger partial charge in [-0.1, -0.05) is 108 Å². The number of benzene rings is 4. The van der Waals surface area contributed by atoms with Gasteiger partial charge in [-0.05, 0) is 81.2 Å². The molecule has 10 atom stereocenters. The van der Waals surface area contributed by atoms with Crippen LogP contribution in [0.3, 0.4) is 0 Å². The molecule has 6 fully saturated rings. The van der Waals surface area contributed by atoms with Gasteiger partial charge in [-0.25, -0.2) is 38.1 Å². The number of carboxylic acid groups (broad SMARTS) is 2. The SMILES string of the molecule is CCN1CCN(C(=O)NC(C(=O)N[C@@H]2C(=O)N3C(C(=O)O)C(CSc4nnnn4C)CSC23)c2ccc(OC(=O)N(CCOCCOCCN(Cc3ccccc3)C(=O)Oc3ccc(C(NC(=O)N4CCN(CC)C(=O)C4=O)C(=O)N[C@H]4C(=O)N5C(C(=O)O)C(CSc6nnnn6C)CSC45)cc3)Cc3ccccc3)cc2)C(=O)C1=O. The normalized spacial score (nSPS) is 21.0. The number of carbonyl (C=O) groups excluding carboxylic acids is 12. The number of fused-ring (bicyclic) bond motifs is 2. The largest absolute Gasteiger partial charge is 0.480 e. The molecule has 8 heterocycles. The maximum absolute atomic E-state index is 14.5. The van der Waals surface area contributed by atoms with Gasteiger partial charge in [0.05, 0.1) is 26.4 Å². The number of β-lactam (4-membered cyclic amide) rings is 2. The van der Waals surface area contributed by atoms with E-state index in [1.807, 2.05) is 36.4 Å². The van der Waals surface area contributed by atoms with E-state index < -0.39 is 142 Å². The number of aryl methyl sites for hydroxylation is 2. The molecule has 6 aromatic rings. The Hall–Kier alpha value is -11.5. The number of ether oxygens (including phenoxy) is 4. The Balaban J connectivity index is 0.652. The van der Waals surface area contributed by atoms with Crippen LogP contribution in [0, 0.1) is 11.8 Å². The Labute approximate surface area is 679 Å². The van der Waals surface area contributed by atoms with E-state index in [0.717, 1.165) is 11.1 Å². The first-order valence-corrected chi connectivity index (χ1v) is 40.8. The van der Waals surface area contributed by atoms with Crippen molar-refractivity contribution in [2.75, 3.05) is 102 Å². The van der Waals surface area contributed by atoms with Crippen molar-refractivity contribution in [2.24, 2.45) is 25.9 Å². The Kier molecular flexibility index (Phi) is 27.7. The van der Waals surface area contributed by atoms with Crippen molar-refractivity contribution in [2.45, 2.75) is 84.2 Å². The molecule has 0 radical (unpaired) electrons. The van der Waals surface area contributed by atoms with E-state index in [4.69, 9.17) is 18.9 Å². The van der Waals surface area contributed by atoms with Crippen molar-refractivity contribution < 1.29 is 96.3 Å². The van der Waals surface area contributed by atoms with Crippen molar-refractivity contribution in [3.8, 4) is 11.5 Å². The zero-order valence-electron chi connectivity index (χ0n) is 62.9. The molecule has 2 aromatic heterocycles. The first kappa shape index (κ1) is 83.9. The topological polar surface area (TPSA) is 478 Å². The quantitative estimate of drug-likeness (QED) is 0.0144. The molecule has 0 spiro atoms. The number of hydrogen-bond acceptors (Lipinski definition) is 28. The minimum absolute atomic E-state index is 0.000545. The van der Waals surface area contributed by atoms with Crippen LogP contribution in [-0.4, -0.2) is 310 Å². The number of imide groups is 2. The molecule has 6 N–H and O–H groups in total. The van der Waals surface area contributed by atoms with Gasteiger partial charge in [0.1, 0.15) is 58.5 Å². The van der Waals surface area contributed by atoms with Crippen LogP contribution in [0.25, 0.3) is 0 Å². The van der Waals surface area contributed by atoms with Gasteiger partial charge in [0.15, 0.2) is 0 Å². The standard InChI is InChI=1S/C72H82N20O20S4/c1-5-85-25-27-89(61(99)59(85)97)67(105)75-49(55(93)73-51-57(95)91-53(65(101)102)45(37-113-63(51)91)39-115-69-77-79-81-83(69)3)43-17-21-47(22-18-43)111-71(107)87(35-41-13-9-7-10-14-41)29-31-109-33-34-110-32-30-88(36-42-15-11-8-12-16-42)72(108)112-48-23-19-44(20-24-48)50(76-68(106)90-28-26-86(6-2)60(98)62(90)100)56(94)74-52-58(96)92-54(66(103)104)46(38-114-64(52)92)40-116-70-78-80-82-84(70)4/h7-24,45-46,49-54,63-64H,5-6,25-40H2,1-4H3,(H,73,93)(H,74,94)(H,75,105)(H,76,106)(H,101,102)(H,103,104)/t45?,46?,49?,50?,51-,52+,53?,54?,63?,64?. The summed E-state index contributed by atoms with van der Waals surface area (Å²) in [7, 11) is 3.27. The number of urea groups is 2. The van der Waals surface area contributed by atoms with Crippen LogP contribution < -0.4 is 30.7 Å². The van der Waals surface area contributed by atoms with Crippen molar-refractivity contribution in [3.63, 3.8) is 0 Å². The first-order chi connectivity index (χ1) is 55.9. The fraction of sp³-hybridized carbons (Fsp3) is 0.444. The number of tetrazole rings is 2. The van der Waals surface area contributed by atoms with E-state index in [2.05, 4.69) is 52.3 Å². The van der Waals surface area contributed by atoms with Gasteiger partial charge in [0.2, 0.25) is 33.9 Å². The molecule has 116 heavy (non-hydrogen) atoms. The Morgan fingerprint density at radius 2 is 0.897 bits per heavy atom. The zero-order chi connectivity index (χ0) is 82.4. The maximum Gasteiger partial charge on any atom is 0.415 e. The van der Waals surface area contributed by atoms with Crippen molar-refractivity contribution in [1.29, 1.82) is 0 Å². The Bertz CT molecular complexity index is 4370. The number of hydrogen-bond donors (Lipinski definition) is 6. The van der Waals surface area contributed by atoms with Crippen LogP contribution >= 0.6 is 47.0 Å². The van der Waals surface area contributed by atoms with Crippen LogP contribution in [0.4, 0.5) is 19.2 Å². The minimum atomic E-state index is -1.62. The fourth-order valence-corrected chi connectivity index (χ4v) is 18.9. The van der Waals surface area contributed by atoms with Gasteiger partial charge in [-0.2, -0.15) is 0 Å². The monoisotopic (exact) mass is 1670 g/mol. The van der Waals surface area contributed by atoms with Crippen LogP contribution in [0.5, 0.6) is 11.5 Å². The lowest BCUT2D eigenvalue weighted by molar-refractivity contribution is -0.164. The number of rotatable bonds is 33. The number of nitrogens with zero attached hydrogens (tertiary/aromatic N) is 16. The summed E-state index contributed by atoms with van der Waals surface area (Å²) < 4.78 is 26.5. The summed E-state index contributed by atoms with van der Waals surface area (Å²) >= 11 is 5.00. The third-order valence-electron chi connectivity index (χ3n) is 19.8. The first-order valence-electron chi connectivity index (χ1n) is 36.7. The third kappa shape index (κ3) is 19.4. The fourth-order valence-electron chi connectivity index (χ4n) is 13.6. The molecular weight excluding hydrogens is 1590 g/mol. The number of piperazine rings is 2. The van der Waals surface area contributed by atoms with Crippen LogP contribution in [0.15, 0.2) is 120 Å². The summed E-state index contributed by atoms with van der Waals surface area (Å²) in [4.78, 5) is 199. The van der Waals surface area contributed by atoms with Crippen LogP contribution in [0.2, 0.25) is 0 Å². The van der Waals surface area contributed by atoms with Gasteiger partial charge in [-0.15, -0.1) is 33.7 Å². The van der Waals surface area contributed by atoms with E-state index in [1.54, 1.807) is 52.2 Å². The lowest BCUT2D eigenvalue weighted by atomic mass is 9.94. The van der Waals surface area contributed by atoms with E-state index in [1.165, 1.54) is 134 Å². The maximum atomic E-state index is 14.5. The molecule has 40 nitrogen and oxygen atoms in total. The predicted octanol–water partition coefficient (Wildman–Crippen LogP) is 0.875. The number of thioether (sulfide) groups is 4. The summed E-state index contributed by atoms with van der Waals surface area (Å²) in [6.45, 7) is 3.74. The van der Waals surface area contributed by atoms with E-state index in [0.29, 0.717) is 31.6 Å². The van der Waals surface area contributed by atoms with Gasteiger partial charge in [0.25, 0.3) is 0 Å². The van der Waals surface area contributed by atoms with E-state index in [-0.39, 0.29) is 126 Å². The molecule has 8 unspecified atom stereocenters. The van der Waals surface area contributed by atoms with Gasteiger partial charge in [-0.3, -0.25) is 48.2 Å². The molecule has 0 saturated carbocycles. The number of amides is 14. The summed E-state index contributed by atoms with van der Waals surface area (Å²) in [6, 6.07) is 18.7. The van der Waals surface area contributed by atoms with Gasteiger partial charge < -0.3 is 79.8 Å². The molecule has 0 aliphatic carbocycles. The second-order valence-corrected chi connectivity index (χ2v) is 31.4. The average molecular weight is 1680 g/mol. The van der Waals surface area contributed by atoms with Crippen LogP contribution in [0.1, 0.15) is 48.2 Å². The van der Waals surface area contributed by atoms with E-state index >= 15 is 0 Å². The lowest BCUT2D eigenvalue weighted by Gasteiger charge is -2.54. The van der Waals surface area contributed by atoms with Crippen LogP contribution in [-0.2, 0) is 84.6 Å². The van der Waals surface area contributed by atoms with Gasteiger partial charge >= 0.3 is 59.8 Å². The van der Waals surface area contributed by atoms with Crippen molar-refractivity contribution in [1.82, 2.24) is 101 Å². The molecule has 6 aliphatic rings. The third-order valence-corrected chi connectivity index (χ3v) is 25.2. The smallest absolute Gasteiger partial charge is 0.415 e. The van der Waals surface area contributed by atoms with Crippen molar-refractivity contribution in [3.05, 3.63) is 131 Å². The number of carbonyl (C=O) groups is 14. The number of aliphatic carboxylic acids is 2. The molecule has 44 heteroatoms. The summed E-state index contributed by atoms with van der Waals surface area (Å²) in [5, 5.41) is 53.2. The summed E-state index contributed by atoms with van der Waals surface area (Å²) in [6.07, 6.45) is -1.60. The Morgan fingerprint density at radius 1 is 0.517 bits per heavy atom. The highest BCUT2D eigenvalue weighted by molar-refractivity contribution is 8.01. The number of likely N-dealkylation sites (N-methyl/N-ethyl adjacent to an activating group) is 2. The number of nitrogens with one attached hydrogen (secondary N) is 4. The summed E-state index contributed by atoms with van der Waals surface area (Å²) in [5.41, 5.74) is 1.71. The summed E-state index contributed by atoms with van der Waals surface area (Å²) in [5.74, 6) is -9.67. The highest BCUT2D eigenvalue weighted by Crippen LogP contribution is 2.44. The molecule has 6 saturated heterocycles. The predicted molar refractivity (Wildman–Crippen MR) is 410 cm³/mol. The molecule has 4 aromatic carbocycles. The number of aromatic nitrogens is 8. The average Bonchev–Trinajstić information content (AvgIpc) is 0.805.